The monoisotopic (exact) mass is 362 g/mol. The Morgan fingerprint density at radius 2 is 1.80 bits per heavy atom. The van der Waals surface area contributed by atoms with Crippen molar-refractivity contribution in [2.24, 2.45) is 10.7 Å². The van der Waals surface area contributed by atoms with E-state index >= 15 is 0 Å². The van der Waals surface area contributed by atoms with Gasteiger partial charge in [-0.3, -0.25) is 4.99 Å². The third kappa shape index (κ3) is 6.90. The highest BCUT2D eigenvalue weighted by Crippen LogP contribution is 2.22. The van der Waals surface area contributed by atoms with E-state index in [0.717, 1.165) is 30.6 Å². The summed E-state index contributed by atoms with van der Waals surface area (Å²) in [4.78, 5) is 4.82. The summed E-state index contributed by atoms with van der Waals surface area (Å²) < 4.78 is 0. The second kappa shape index (κ2) is 10.7. The third-order valence-corrected chi connectivity index (χ3v) is 5.63. The fourth-order valence-electron chi connectivity index (χ4n) is 3.46. The van der Waals surface area contributed by atoms with Gasteiger partial charge < -0.3 is 16.4 Å². The van der Waals surface area contributed by atoms with Crippen molar-refractivity contribution in [2.75, 3.05) is 29.9 Å². The fraction of sp³-hybridized carbons (Fsp3) is 0.650. The normalized spacial score (nSPS) is 16.1. The first-order chi connectivity index (χ1) is 12.1. The summed E-state index contributed by atoms with van der Waals surface area (Å²) in [6, 6.07) is 5.00. The number of benzene rings is 1. The van der Waals surface area contributed by atoms with Crippen LogP contribution in [0.25, 0.3) is 0 Å². The topological polar surface area (TPSA) is 62.4 Å². The molecule has 1 saturated carbocycles. The van der Waals surface area contributed by atoms with Crippen molar-refractivity contribution in [3.8, 4) is 0 Å². The largest absolute Gasteiger partial charge is 0.353 e. The molecule has 0 heterocycles. The highest BCUT2D eigenvalue weighted by molar-refractivity contribution is 7.99. The number of rotatable bonds is 7. The van der Waals surface area contributed by atoms with Crippen molar-refractivity contribution >= 4 is 23.4 Å². The molecule has 1 fully saturated rings. The number of nitrogens with two attached hydrogens (primary N) is 1. The lowest BCUT2D eigenvalue weighted by molar-refractivity contribution is 0.413. The predicted octanol–water partition coefficient (Wildman–Crippen LogP) is 3.99. The highest BCUT2D eigenvalue weighted by Gasteiger charge is 2.15. The van der Waals surface area contributed by atoms with Crippen molar-refractivity contribution in [1.82, 2.24) is 5.32 Å². The minimum atomic E-state index is 0.544. The SMILES string of the molecule is Cc1cc(C)c(NC(=NCCSCCN)NC2CCCCC2)c(C)c1. The molecule has 0 atom stereocenters. The fourth-order valence-corrected chi connectivity index (χ4v) is 4.06. The van der Waals surface area contributed by atoms with Crippen LogP contribution in [0.3, 0.4) is 0 Å². The van der Waals surface area contributed by atoms with E-state index in [4.69, 9.17) is 10.7 Å². The standard InChI is InChI=1S/C20H34N4S/c1-15-13-16(2)19(17(3)14-15)24-20(22-10-12-25-11-9-21)23-18-7-5-4-6-8-18/h13-14,18H,4-12,21H2,1-3H3,(H2,22,23,24). The molecule has 1 aromatic carbocycles. The number of nitrogens with zero attached hydrogens (tertiary/aromatic N) is 1. The molecule has 25 heavy (non-hydrogen) atoms. The lowest BCUT2D eigenvalue weighted by Crippen LogP contribution is -2.40. The van der Waals surface area contributed by atoms with E-state index in [0.29, 0.717) is 6.04 Å². The van der Waals surface area contributed by atoms with Crippen molar-refractivity contribution < 1.29 is 0 Å². The summed E-state index contributed by atoms with van der Waals surface area (Å²) >= 11 is 1.87. The van der Waals surface area contributed by atoms with Gasteiger partial charge >= 0.3 is 0 Å². The van der Waals surface area contributed by atoms with Crippen LogP contribution in [0.4, 0.5) is 5.69 Å². The van der Waals surface area contributed by atoms with Gasteiger partial charge in [0.1, 0.15) is 0 Å². The van der Waals surface area contributed by atoms with Crippen LogP contribution in [0, 0.1) is 20.8 Å². The molecular formula is C20H34N4S. The quantitative estimate of drug-likeness (QED) is 0.390. The Kier molecular flexibility index (Phi) is 8.62. The Bertz CT molecular complexity index is 542. The average Bonchev–Trinajstić information content (AvgIpc) is 2.58. The molecule has 1 aromatic rings. The number of aliphatic imine (C=N–C) groups is 1. The molecule has 0 aliphatic heterocycles. The molecule has 1 aliphatic carbocycles. The van der Waals surface area contributed by atoms with Gasteiger partial charge in [-0.05, 0) is 44.7 Å². The maximum atomic E-state index is 5.56. The Morgan fingerprint density at radius 1 is 1.12 bits per heavy atom. The number of guanidine groups is 1. The minimum absolute atomic E-state index is 0.544. The van der Waals surface area contributed by atoms with E-state index in [1.807, 2.05) is 11.8 Å². The minimum Gasteiger partial charge on any atom is -0.353 e. The van der Waals surface area contributed by atoms with Gasteiger partial charge in [-0.1, -0.05) is 37.0 Å². The molecule has 4 nitrogen and oxygen atoms in total. The average molecular weight is 363 g/mol. The molecule has 0 bridgehead atoms. The summed E-state index contributed by atoms with van der Waals surface area (Å²) in [5.74, 6) is 2.95. The van der Waals surface area contributed by atoms with Crippen LogP contribution in [0.2, 0.25) is 0 Å². The number of hydrogen-bond acceptors (Lipinski definition) is 3. The van der Waals surface area contributed by atoms with Crippen molar-refractivity contribution in [2.45, 2.75) is 58.9 Å². The van der Waals surface area contributed by atoms with Crippen molar-refractivity contribution in [1.29, 1.82) is 0 Å². The predicted molar refractivity (Wildman–Crippen MR) is 113 cm³/mol. The van der Waals surface area contributed by atoms with E-state index in [2.05, 4.69) is 43.5 Å². The van der Waals surface area contributed by atoms with Crippen LogP contribution in [-0.2, 0) is 0 Å². The summed E-state index contributed by atoms with van der Waals surface area (Å²) in [5, 5.41) is 7.26. The summed E-state index contributed by atoms with van der Waals surface area (Å²) in [6.07, 6.45) is 6.49. The number of anilines is 1. The van der Waals surface area contributed by atoms with Crippen LogP contribution < -0.4 is 16.4 Å². The molecule has 1 aliphatic rings. The van der Waals surface area contributed by atoms with E-state index in [-0.39, 0.29) is 0 Å². The molecule has 0 radical (unpaired) electrons. The number of aryl methyl sites for hydroxylation is 3. The van der Waals surface area contributed by atoms with Gasteiger partial charge in [0, 0.05) is 29.8 Å². The molecule has 5 heteroatoms. The molecule has 4 N–H and O–H groups in total. The third-order valence-electron chi connectivity index (χ3n) is 4.63. The van der Waals surface area contributed by atoms with Crippen LogP contribution in [0.1, 0.15) is 48.8 Å². The molecule has 0 spiro atoms. The zero-order chi connectivity index (χ0) is 18.1. The lowest BCUT2D eigenvalue weighted by atomic mass is 9.96. The second-order valence-electron chi connectivity index (χ2n) is 7.01. The lowest BCUT2D eigenvalue weighted by Gasteiger charge is -2.26. The number of nitrogens with one attached hydrogen (secondary N) is 2. The van der Waals surface area contributed by atoms with Crippen molar-refractivity contribution in [3.05, 3.63) is 28.8 Å². The molecule has 140 valence electrons. The molecule has 2 rings (SSSR count). The van der Waals surface area contributed by atoms with E-state index in [1.165, 1.54) is 54.5 Å². The van der Waals surface area contributed by atoms with E-state index < -0.39 is 0 Å². The zero-order valence-corrected chi connectivity index (χ0v) is 16.8. The Morgan fingerprint density at radius 3 is 2.44 bits per heavy atom. The summed E-state index contributed by atoms with van der Waals surface area (Å²) in [7, 11) is 0. The molecular weight excluding hydrogens is 328 g/mol. The molecule has 0 aromatic heterocycles. The van der Waals surface area contributed by atoms with Gasteiger partial charge in [0.15, 0.2) is 5.96 Å². The van der Waals surface area contributed by atoms with Gasteiger partial charge in [0.05, 0.1) is 6.54 Å². The Labute approximate surface area is 157 Å². The highest BCUT2D eigenvalue weighted by atomic mass is 32.2. The second-order valence-corrected chi connectivity index (χ2v) is 8.23. The summed E-state index contributed by atoms with van der Waals surface area (Å²) in [5.41, 5.74) is 10.6. The van der Waals surface area contributed by atoms with Crippen LogP contribution >= 0.6 is 11.8 Å². The van der Waals surface area contributed by atoms with Crippen LogP contribution in [0.15, 0.2) is 17.1 Å². The first kappa shape index (κ1) is 20.1. The molecule has 0 saturated heterocycles. The van der Waals surface area contributed by atoms with E-state index in [9.17, 15) is 0 Å². The van der Waals surface area contributed by atoms with Gasteiger partial charge in [-0.25, -0.2) is 0 Å². The Balaban J connectivity index is 2.06. The number of hydrogen-bond donors (Lipinski definition) is 3. The zero-order valence-electron chi connectivity index (χ0n) is 16.0. The van der Waals surface area contributed by atoms with Crippen molar-refractivity contribution in [3.63, 3.8) is 0 Å². The van der Waals surface area contributed by atoms with Gasteiger partial charge in [0.2, 0.25) is 0 Å². The van der Waals surface area contributed by atoms with Crippen LogP contribution in [-0.4, -0.2) is 36.6 Å². The Hall–Kier alpha value is -1.20. The molecule has 0 amide bonds. The van der Waals surface area contributed by atoms with Gasteiger partial charge in [-0.15, -0.1) is 0 Å². The number of thioether (sulfide) groups is 1. The van der Waals surface area contributed by atoms with Gasteiger partial charge in [0.25, 0.3) is 0 Å². The summed E-state index contributed by atoms with van der Waals surface area (Å²) in [6.45, 7) is 8.03. The molecule has 0 unspecified atom stereocenters. The first-order valence-electron chi connectivity index (χ1n) is 9.54. The maximum Gasteiger partial charge on any atom is 0.196 e. The van der Waals surface area contributed by atoms with E-state index in [1.54, 1.807) is 0 Å². The smallest absolute Gasteiger partial charge is 0.196 e. The first-order valence-corrected chi connectivity index (χ1v) is 10.7. The van der Waals surface area contributed by atoms with Gasteiger partial charge in [-0.2, -0.15) is 11.8 Å². The van der Waals surface area contributed by atoms with Crippen LogP contribution in [0.5, 0.6) is 0 Å². The maximum absolute atomic E-state index is 5.56.